The molecule has 0 bridgehead atoms. The van der Waals surface area contributed by atoms with Crippen molar-refractivity contribution < 1.29 is 9.59 Å². The van der Waals surface area contributed by atoms with E-state index in [2.05, 4.69) is 29.2 Å². The third-order valence-corrected chi connectivity index (χ3v) is 7.61. The Morgan fingerprint density at radius 1 is 1.00 bits per heavy atom. The van der Waals surface area contributed by atoms with Crippen LogP contribution in [0.15, 0.2) is 54.6 Å². The van der Waals surface area contributed by atoms with E-state index in [0.29, 0.717) is 6.42 Å². The number of thiophene rings is 1. The van der Waals surface area contributed by atoms with Crippen LogP contribution in [-0.4, -0.2) is 48.3 Å². The fourth-order valence-corrected chi connectivity index (χ4v) is 5.92. The first-order valence-electron chi connectivity index (χ1n) is 11.6. The molecule has 1 saturated heterocycles. The molecule has 0 saturated carbocycles. The highest BCUT2D eigenvalue weighted by molar-refractivity contribution is 7.21. The number of carbonyl (C=O) groups is 2. The minimum absolute atomic E-state index is 0.0526. The smallest absolute Gasteiger partial charge is 0.263 e. The zero-order valence-electron chi connectivity index (χ0n) is 19.0. The highest BCUT2D eigenvalue weighted by Crippen LogP contribution is 2.34. The van der Waals surface area contributed by atoms with Gasteiger partial charge in [-0.15, -0.1) is 11.3 Å². The Bertz CT molecular complexity index is 1070. The molecular weight excluding hydrogens is 416 g/mol. The number of aryl methyl sites for hydroxylation is 1. The molecule has 1 aromatic heterocycles. The molecule has 1 aliphatic rings. The van der Waals surface area contributed by atoms with Crippen molar-refractivity contribution in [1.29, 1.82) is 0 Å². The Hall–Kier alpha value is -2.66. The number of benzene rings is 2. The van der Waals surface area contributed by atoms with Gasteiger partial charge >= 0.3 is 0 Å². The lowest BCUT2D eigenvalue weighted by molar-refractivity contribution is -0.133. The number of likely N-dealkylation sites (tertiary alicyclic amines) is 1. The van der Waals surface area contributed by atoms with E-state index in [4.69, 9.17) is 0 Å². The standard InChI is InChI=1S/C27H32N2O2S/c1-28(2)27(31)26-23(22-14-8-9-15-24(22)32-26)19-21-13-7-4-10-18-29(21)25(30)17-16-20-11-5-3-6-12-20/h3,5-6,8-9,11-12,14-15,21H,4,7,10,13,16-19H2,1-2H3. The Morgan fingerprint density at radius 3 is 2.53 bits per heavy atom. The van der Waals surface area contributed by atoms with Crippen molar-refractivity contribution in [1.82, 2.24) is 9.80 Å². The Balaban J connectivity index is 1.59. The van der Waals surface area contributed by atoms with Gasteiger partial charge in [-0.2, -0.15) is 0 Å². The number of hydrogen-bond donors (Lipinski definition) is 0. The highest BCUT2D eigenvalue weighted by Gasteiger charge is 2.29. The first-order chi connectivity index (χ1) is 15.5. The average Bonchev–Trinajstić information content (AvgIpc) is 3.00. The predicted molar refractivity (Wildman–Crippen MR) is 132 cm³/mol. The van der Waals surface area contributed by atoms with Gasteiger partial charge in [-0.25, -0.2) is 0 Å². The van der Waals surface area contributed by atoms with Crippen molar-refractivity contribution in [2.45, 2.75) is 51.0 Å². The van der Waals surface area contributed by atoms with Crippen molar-refractivity contribution in [2.75, 3.05) is 20.6 Å². The summed E-state index contributed by atoms with van der Waals surface area (Å²) in [4.78, 5) is 30.9. The van der Waals surface area contributed by atoms with Crippen LogP contribution in [0.2, 0.25) is 0 Å². The molecule has 2 heterocycles. The third-order valence-electron chi connectivity index (χ3n) is 6.41. The number of rotatable bonds is 6. The number of nitrogens with zero attached hydrogens (tertiary/aromatic N) is 2. The minimum Gasteiger partial charge on any atom is -0.344 e. The quantitative estimate of drug-likeness (QED) is 0.496. The largest absolute Gasteiger partial charge is 0.344 e. The average molecular weight is 449 g/mol. The van der Waals surface area contributed by atoms with E-state index in [1.54, 1.807) is 16.2 Å². The first-order valence-corrected chi connectivity index (χ1v) is 12.4. The fourth-order valence-electron chi connectivity index (χ4n) is 4.67. The molecule has 0 N–H and O–H groups in total. The van der Waals surface area contributed by atoms with Crippen LogP contribution in [0.1, 0.15) is 52.9 Å². The first kappa shape index (κ1) is 22.5. The summed E-state index contributed by atoms with van der Waals surface area (Å²) < 4.78 is 1.14. The second-order valence-electron chi connectivity index (χ2n) is 8.89. The van der Waals surface area contributed by atoms with Crippen LogP contribution < -0.4 is 0 Å². The summed E-state index contributed by atoms with van der Waals surface area (Å²) in [6.07, 6.45) is 6.40. The van der Waals surface area contributed by atoms with Gasteiger partial charge < -0.3 is 9.80 Å². The van der Waals surface area contributed by atoms with Gasteiger partial charge in [-0.1, -0.05) is 61.4 Å². The van der Waals surface area contributed by atoms with E-state index in [0.717, 1.165) is 65.6 Å². The fraction of sp³-hybridized carbons (Fsp3) is 0.407. The Morgan fingerprint density at radius 2 is 1.75 bits per heavy atom. The van der Waals surface area contributed by atoms with Crippen molar-refractivity contribution in [3.8, 4) is 0 Å². The molecule has 1 atom stereocenters. The van der Waals surface area contributed by atoms with Crippen molar-refractivity contribution in [2.24, 2.45) is 0 Å². The van der Waals surface area contributed by atoms with Gasteiger partial charge in [0, 0.05) is 37.8 Å². The number of carbonyl (C=O) groups excluding carboxylic acids is 2. The molecular formula is C27H32N2O2S. The maximum Gasteiger partial charge on any atom is 0.263 e. The lowest BCUT2D eigenvalue weighted by Gasteiger charge is -2.31. The molecule has 4 nitrogen and oxygen atoms in total. The van der Waals surface area contributed by atoms with E-state index in [-0.39, 0.29) is 17.9 Å². The summed E-state index contributed by atoms with van der Waals surface area (Å²) in [5.41, 5.74) is 2.31. The second-order valence-corrected chi connectivity index (χ2v) is 9.94. The van der Waals surface area contributed by atoms with Crippen LogP contribution in [-0.2, 0) is 17.6 Å². The summed E-state index contributed by atoms with van der Waals surface area (Å²) in [5, 5.41) is 1.16. The minimum atomic E-state index is 0.0526. The lowest BCUT2D eigenvalue weighted by Crippen LogP contribution is -2.41. The maximum absolute atomic E-state index is 13.3. The van der Waals surface area contributed by atoms with Gasteiger partial charge in [-0.05, 0) is 48.3 Å². The Kier molecular flexibility index (Phi) is 7.26. The molecule has 0 radical (unpaired) electrons. The van der Waals surface area contributed by atoms with Gasteiger partial charge in [0.25, 0.3) is 5.91 Å². The highest BCUT2D eigenvalue weighted by atomic mass is 32.1. The van der Waals surface area contributed by atoms with Crippen molar-refractivity contribution in [3.63, 3.8) is 0 Å². The van der Waals surface area contributed by atoms with Gasteiger partial charge in [-0.3, -0.25) is 9.59 Å². The van der Waals surface area contributed by atoms with Gasteiger partial charge in [0.1, 0.15) is 0 Å². The van der Waals surface area contributed by atoms with E-state index >= 15 is 0 Å². The molecule has 1 fully saturated rings. The lowest BCUT2D eigenvalue weighted by atomic mass is 9.97. The van der Waals surface area contributed by atoms with Crippen LogP contribution in [0.25, 0.3) is 10.1 Å². The molecule has 0 spiro atoms. The molecule has 4 rings (SSSR count). The third kappa shape index (κ3) is 5.04. The van der Waals surface area contributed by atoms with Crippen molar-refractivity contribution in [3.05, 3.63) is 70.6 Å². The van der Waals surface area contributed by atoms with E-state index in [1.165, 1.54) is 5.56 Å². The normalized spacial score (nSPS) is 16.7. The molecule has 2 aromatic carbocycles. The predicted octanol–water partition coefficient (Wildman–Crippen LogP) is 5.55. The topological polar surface area (TPSA) is 40.6 Å². The molecule has 32 heavy (non-hydrogen) atoms. The zero-order valence-corrected chi connectivity index (χ0v) is 19.9. The number of fused-ring (bicyclic) bond motifs is 1. The van der Waals surface area contributed by atoms with E-state index in [9.17, 15) is 9.59 Å². The van der Waals surface area contributed by atoms with Crippen LogP contribution in [0.5, 0.6) is 0 Å². The molecule has 1 unspecified atom stereocenters. The second kappa shape index (κ2) is 10.3. The zero-order chi connectivity index (χ0) is 22.5. The SMILES string of the molecule is CN(C)C(=O)c1sc2ccccc2c1CC1CCCCCN1C(=O)CCc1ccccc1. The van der Waals surface area contributed by atoms with Crippen LogP contribution in [0, 0.1) is 0 Å². The number of hydrogen-bond acceptors (Lipinski definition) is 3. The molecule has 1 aliphatic heterocycles. The van der Waals surface area contributed by atoms with Crippen LogP contribution >= 0.6 is 11.3 Å². The molecule has 168 valence electrons. The summed E-state index contributed by atoms with van der Waals surface area (Å²) in [5.74, 6) is 0.289. The molecule has 0 aliphatic carbocycles. The van der Waals surface area contributed by atoms with Crippen LogP contribution in [0.4, 0.5) is 0 Å². The molecule has 2 amide bonds. The van der Waals surface area contributed by atoms with E-state index < -0.39 is 0 Å². The van der Waals surface area contributed by atoms with Crippen LogP contribution in [0.3, 0.4) is 0 Å². The summed E-state index contributed by atoms with van der Waals surface area (Å²) in [6, 6.07) is 18.7. The molecule has 3 aromatic rings. The maximum atomic E-state index is 13.3. The summed E-state index contributed by atoms with van der Waals surface area (Å²) in [6.45, 7) is 0.817. The summed E-state index contributed by atoms with van der Waals surface area (Å²) in [7, 11) is 3.61. The van der Waals surface area contributed by atoms with Gasteiger partial charge in [0.15, 0.2) is 0 Å². The number of amides is 2. The van der Waals surface area contributed by atoms with Gasteiger partial charge in [0.05, 0.1) is 4.88 Å². The van der Waals surface area contributed by atoms with Gasteiger partial charge in [0.2, 0.25) is 5.91 Å². The Labute approximate surface area is 194 Å². The van der Waals surface area contributed by atoms with E-state index in [1.807, 2.05) is 44.4 Å². The molecule has 5 heteroatoms. The monoisotopic (exact) mass is 448 g/mol. The van der Waals surface area contributed by atoms with Crippen molar-refractivity contribution >= 4 is 33.2 Å². The summed E-state index contributed by atoms with van der Waals surface area (Å²) >= 11 is 1.58.